The molecule has 9 heteroatoms. The molecule has 0 aliphatic carbocycles. The van der Waals surface area contributed by atoms with Gasteiger partial charge < -0.3 is 14.2 Å². The SMILES string of the molecule is Cc1cccc(OCC(=O)OCC(=O)NC(=O)c2ccc(OC(F)F)cc2)c1C. The first-order chi connectivity index (χ1) is 13.8. The molecule has 7 nitrogen and oxygen atoms in total. The maximum Gasteiger partial charge on any atom is 0.387 e. The summed E-state index contributed by atoms with van der Waals surface area (Å²) in [6, 6.07) is 10.1. The minimum atomic E-state index is -2.98. The molecule has 0 saturated heterocycles. The van der Waals surface area contributed by atoms with Crippen molar-refractivity contribution in [1.29, 1.82) is 0 Å². The number of halogens is 2. The van der Waals surface area contributed by atoms with Crippen LogP contribution in [0.3, 0.4) is 0 Å². The van der Waals surface area contributed by atoms with Crippen molar-refractivity contribution in [3.05, 3.63) is 59.2 Å². The van der Waals surface area contributed by atoms with E-state index < -0.39 is 37.6 Å². The minimum absolute atomic E-state index is 0.0459. The first-order valence-corrected chi connectivity index (χ1v) is 8.50. The zero-order chi connectivity index (χ0) is 21.4. The summed E-state index contributed by atoms with van der Waals surface area (Å²) in [5.74, 6) is -1.99. The van der Waals surface area contributed by atoms with E-state index in [1.807, 2.05) is 25.2 Å². The monoisotopic (exact) mass is 407 g/mol. The number of benzene rings is 2. The van der Waals surface area contributed by atoms with Gasteiger partial charge in [0, 0.05) is 5.56 Å². The molecule has 0 aromatic heterocycles. The summed E-state index contributed by atoms with van der Waals surface area (Å²) in [5, 5.41) is 2.02. The number of nitrogens with one attached hydrogen (secondary N) is 1. The van der Waals surface area contributed by atoms with E-state index in [1.54, 1.807) is 12.1 Å². The molecule has 29 heavy (non-hydrogen) atoms. The molecular weight excluding hydrogens is 388 g/mol. The van der Waals surface area contributed by atoms with Crippen LogP contribution in [0.1, 0.15) is 21.5 Å². The third-order valence-electron chi connectivity index (χ3n) is 3.86. The second-order valence-corrected chi connectivity index (χ2v) is 5.93. The van der Waals surface area contributed by atoms with Gasteiger partial charge in [0.2, 0.25) is 0 Å². The topological polar surface area (TPSA) is 90.9 Å². The van der Waals surface area contributed by atoms with E-state index in [0.29, 0.717) is 5.75 Å². The Morgan fingerprint density at radius 3 is 2.34 bits per heavy atom. The van der Waals surface area contributed by atoms with E-state index in [4.69, 9.17) is 9.47 Å². The lowest BCUT2D eigenvalue weighted by molar-refractivity contribution is -0.150. The number of carbonyl (C=O) groups excluding carboxylic acids is 3. The van der Waals surface area contributed by atoms with Gasteiger partial charge in [-0.2, -0.15) is 8.78 Å². The number of hydrogen-bond acceptors (Lipinski definition) is 6. The molecule has 0 aliphatic rings. The maximum atomic E-state index is 12.1. The maximum absolute atomic E-state index is 12.1. The van der Waals surface area contributed by atoms with Gasteiger partial charge in [0.25, 0.3) is 11.8 Å². The molecule has 0 unspecified atom stereocenters. The Morgan fingerprint density at radius 1 is 1.00 bits per heavy atom. The van der Waals surface area contributed by atoms with Crippen LogP contribution < -0.4 is 14.8 Å². The molecule has 0 atom stereocenters. The number of rotatable bonds is 8. The molecular formula is C20H19F2NO6. The minimum Gasteiger partial charge on any atom is -0.482 e. The molecule has 0 heterocycles. The van der Waals surface area contributed by atoms with Gasteiger partial charge in [-0.1, -0.05) is 12.1 Å². The van der Waals surface area contributed by atoms with E-state index in [9.17, 15) is 23.2 Å². The van der Waals surface area contributed by atoms with E-state index in [-0.39, 0.29) is 11.3 Å². The zero-order valence-electron chi connectivity index (χ0n) is 15.7. The van der Waals surface area contributed by atoms with Crippen LogP contribution in [0.2, 0.25) is 0 Å². The third kappa shape index (κ3) is 6.87. The highest BCUT2D eigenvalue weighted by molar-refractivity contribution is 6.05. The second-order valence-electron chi connectivity index (χ2n) is 5.93. The summed E-state index contributed by atoms with van der Waals surface area (Å²) in [6.45, 7) is -0.294. The highest BCUT2D eigenvalue weighted by Gasteiger charge is 2.14. The molecule has 154 valence electrons. The highest BCUT2D eigenvalue weighted by atomic mass is 19.3. The molecule has 0 radical (unpaired) electrons. The molecule has 0 aliphatic heterocycles. The van der Waals surface area contributed by atoms with Crippen molar-refractivity contribution in [3.63, 3.8) is 0 Å². The van der Waals surface area contributed by atoms with E-state index in [1.165, 1.54) is 12.1 Å². The van der Waals surface area contributed by atoms with Crippen molar-refractivity contribution < 1.29 is 37.4 Å². The van der Waals surface area contributed by atoms with Gasteiger partial charge in [-0.15, -0.1) is 0 Å². The van der Waals surface area contributed by atoms with Crippen LogP contribution in [-0.4, -0.2) is 37.6 Å². The Labute approximate surface area is 165 Å². The summed E-state index contributed by atoms with van der Waals surface area (Å²) in [6.07, 6.45) is 0. The number of carbonyl (C=O) groups is 3. The van der Waals surface area contributed by atoms with Crippen LogP contribution >= 0.6 is 0 Å². The number of amides is 2. The number of esters is 1. The lowest BCUT2D eigenvalue weighted by atomic mass is 10.1. The van der Waals surface area contributed by atoms with Crippen LogP contribution in [-0.2, 0) is 14.3 Å². The molecule has 2 aromatic rings. The van der Waals surface area contributed by atoms with Gasteiger partial charge in [0.05, 0.1) is 0 Å². The van der Waals surface area contributed by atoms with Crippen LogP contribution in [0.5, 0.6) is 11.5 Å². The van der Waals surface area contributed by atoms with Crippen molar-refractivity contribution in [3.8, 4) is 11.5 Å². The average Bonchev–Trinajstić information content (AvgIpc) is 2.67. The van der Waals surface area contributed by atoms with Gasteiger partial charge in [-0.05, 0) is 55.3 Å². The predicted molar refractivity (Wildman–Crippen MR) is 97.9 cm³/mol. The Morgan fingerprint density at radius 2 is 1.69 bits per heavy atom. The molecule has 2 rings (SSSR count). The Kier molecular flexibility index (Phi) is 7.64. The van der Waals surface area contributed by atoms with Crippen molar-refractivity contribution >= 4 is 17.8 Å². The van der Waals surface area contributed by atoms with Crippen molar-refractivity contribution in [2.75, 3.05) is 13.2 Å². The molecule has 2 aromatic carbocycles. The smallest absolute Gasteiger partial charge is 0.387 e. The molecule has 0 spiro atoms. The average molecular weight is 407 g/mol. The highest BCUT2D eigenvalue weighted by Crippen LogP contribution is 2.20. The fourth-order valence-electron chi connectivity index (χ4n) is 2.23. The number of alkyl halides is 2. The largest absolute Gasteiger partial charge is 0.482 e. The summed E-state index contributed by atoms with van der Waals surface area (Å²) >= 11 is 0. The van der Waals surface area contributed by atoms with Crippen LogP contribution in [0.15, 0.2) is 42.5 Å². The molecule has 0 saturated carbocycles. The number of ether oxygens (including phenoxy) is 3. The van der Waals surface area contributed by atoms with Crippen molar-refractivity contribution in [2.24, 2.45) is 0 Å². The van der Waals surface area contributed by atoms with Crippen molar-refractivity contribution in [1.82, 2.24) is 5.32 Å². The Balaban J connectivity index is 1.76. The van der Waals surface area contributed by atoms with E-state index in [0.717, 1.165) is 23.3 Å². The Bertz CT molecular complexity index is 883. The van der Waals surface area contributed by atoms with Crippen LogP contribution in [0, 0.1) is 13.8 Å². The molecule has 0 bridgehead atoms. The zero-order valence-corrected chi connectivity index (χ0v) is 15.7. The summed E-state index contributed by atoms with van der Waals surface area (Å²) in [5.41, 5.74) is 1.93. The fourth-order valence-corrected chi connectivity index (χ4v) is 2.23. The third-order valence-corrected chi connectivity index (χ3v) is 3.86. The van der Waals surface area contributed by atoms with Gasteiger partial charge >= 0.3 is 12.6 Å². The Hall–Kier alpha value is -3.49. The molecule has 2 amide bonds. The molecule has 1 N–H and O–H groups in total. The predicted octanol–water partition coefficient (Wildman–Crippen LogP) is 2.78. The van der Waals surface area contributed by atoms with Gasteiger partial charge in [0.15, 0.2) is 13.2 Å². The fraction of sp³-hybridized carbons (Fsp3) is 0.250. The van der Waals surface area contributed by atoms with Gasteiger partial charge in [-0.25, -0.2) is 4.79 Å². The van der Waals surface area contributed by atoms with Crippen LogP contribution in [0.4, 0.5) is 8.78 Å². The lowest BCUT2D eigenvalue weighted by Gasteiger charge is -2.10. The lowest BCUT2D eigenvalue weighted by Crippen LogP contribution is -2.34. The summed E-state index contributed by atoms with van der Waals surface area (Å²) in [4.78, 5) is 35.4. The summed E-state index contributed by atoms with van der Waals surface area (Å²) in [7, 11) is 0. The number of hydrogen-bond donors (Lipinski definition) is 1. The first-order valence-electron chi connectivity index (χ1n) is 8.50. The quantitative estimate of drug-likeness (QED) is 0.677. The number of imide groups is 1. The second kappa shape index (κ2) is 10.2. The first kappa shape index (κ1) is 21.8. The number of aryl methyl sites for hydroxylation is 1. The standard InChI is InChI=1S/C20H19F2NO6/c1-12-4-3-5-16(13(12)2)27-11-18(25)28-10-17(24)23-19(26)14-6-8-15(9-7-14)29-20(21)22/h3-9,20H,10-11H2,1-2H3,(H,23,24,26). The van der Waals surface area contributed by atoms with Crippen molar-refractivity contribution in [2.45, 2.75) is 20.5 Å². The van der Waals surface area contributed by atoms with Crippen LogP contribution in [0.25, 0.3) is 0 Å². The molecule has 0 fully saturated rings. The van der Waals surface area contributed by atoms with Gasteiger partial charge in [-0.3, -0.25) is 14.9 Å². The normalized spacial score (nSPS) is 10.4. The summed E-state index contributed by atoms with van der Waals surface area (Å²) < 4.78 is 38.5. The van der Waals surface area contributed by atoms with E-state index in [2.05, 4.69) is 4.74 Å². The van der Waals surface area contributed by atoms with E-state index >= 15 is 0 Å². The van der Waals surface area contributed by atoms with Gasteiger partial charge in [0.1, 0.15) is 11.5 Å².